The van der Waals surface area contributed by atoms with Crippen molar-refractivity contribution in [3.63, 3.8) is 0 Å². The summed E-state index contributed by atoms with van der Waals surface area (Å²) in [6.07, 6.45) is 1.10. The average molecular weight is 384 g/mol. The lowest BCUT2D eigenvalue weighted by atomic mass is 9.83. The second-order valence-corrected chi connectivity index (χ2v) is 7.68. The van der Waals surface area contributed by atoms with E-state index in [1.807, 2.05) is 0 Å². The molecular formula is C17H19Cl2N3O3. The average Bonchev–Trinajstić information content (AvgIpc) is 2.54. The Hall–Kier alpha value is -1.50. The molecule has 0 aromatic heterocycles. The molecule has 25 heavy (non-hydrogen) atoms. The molecule has 1 aromatic carbocycles. The minimum atomic E-state index is -0.491. The predicted octanol–water partition coefficient (Wildman–Crippen LogP) is 1.59. The molecule has 2 amide bonds. The molecule has 3 heterocycles. The fourth-order valence-electron chi connectivity index (χ4n) is 4.01. The topological polar surface area (TPSA) is 72.9 Å². The third-order valence-electron chi connectivity index (χ3n) is 5.52. The van der Waals surface area contributed by atoms with Gasteiger partial charge in [-0.1, -0.05) is 23.2 Å². The lowest BCUT2D eigenvalue weighted by Gasteiger charge is -2.49. The SMILES string of the molecule is O=C1[C@H]2C[C@@H](c3c(O)ccc(Cl)c3Cl)CCN2C(=O)CN1C1CNC1. The van der Waals surface area contributed by atoms with Crippen LogP contribution in [-0.2, 0) is 9.59 Å². The Morgan fingerprint density at radius 3 is 2.60 bits per heavy atom. The van der Waals surface area contributed by atoms with Crippen molar-refractivity contribution < 1.29 is 14.7 Å². The van der Waals surface area contributed by atoms with Crippen LogP contribution in [-0.4, -0.2) is 65.0 Å². The number of rotatable bonds is 2. The molecule has 0 unspecified atom stereocenters. The maximum Gasteiger partial charge on any atom is 0.246 e. The van der Waals surface area contributed by atoms with E-state index in [2.05, 4.69) is 5.32 Å². The van der Waals surface area contributed by atoms with Gasteiger partial charge in [-0.2, -0.15) is 0 Å². The molecule has 3 aliphatic heterocycles. The molecule has 6 nitrogen and oxygen atoms in total. The summed E-state index contributed by atoms with van der Waals surface area (Å²) in [6.45, 7) is 2.11. The molecule has 0 saturated carbocycles. The fourth-order valence-corrected chi connectivity index (χ4v) is 4.49. The number of amides is 2. The number of phenols is 1. The summed E-state index contributed by atoms with van der Waals surface area (Å²) >= 11 is 12.4. The van der Waals surface area contributed by atoms with Crippen LogP contribution in [0.4, 0.5) is 0 Å². The van der Waals surface area contributed by atoms with Crippen molar-refractivity contribution in [3.05, 3.63) is 27.7 Å². The minimum absolute atomic E-state index is 0.00337. The second kappa shape index (κ2) is 6.34. The van der Waals surface area contributed by atoms with Gasteiger partial charge in [0.15, 0.2) is 0 Å². The minimum Gasteiger partial charge on any atom is -0.508 e. The number of phenolic OH excluding ortho intramolecular Hbond substituents is 1. The lowest BCUT2D eigenvalue weighted by Crippen LogP contribution is -2.69. The molecule has 0 bridgehead atoms. The van der Waals surface area contributed by atoms with E-state index >= 15 is 0 Å². The molecule has 1 aromatic rings. The van der Waals surface area contributed by atoms with Gasteiger partial charge in [0.1, 0.15) is 18.3 Å². The van der Waals surface area contributed by atoms with Gasteiger partial charge in [0.2, 0.25) is 11.8 Å². The number of piperazine rings is 1. The Bertz CT molecular complexity index is 738. The molecule has 3 fully saturated rings. The number of benzene rings is 1. The van der Waals surface area contributed by atoms with Gasteiger partial charge in [-0.05, 0) is 30.9 Å². The molecular weight excluding hydrogens is 365 g/mol. The van der Waals surface area contributed by atoms with E-state index in [4.69, 9.17) is 23.2 Å². The maximum absolute atomic E-state index is 12.9. The summed E-state index contributed by atoms with van der Waals surface area (Å²) in [4.78, 5) is 28.8. The van der Waals surface area contributed by atoms with E-state index in [-0.39, 0.29) is 36.1 Å². The molecule has 134 valence electrons. The molecule has 3 saturated heterocycles. The molecule has 0 aliphatic carbocycles. The van der Waals surface area contributed by atoms with Gasteiger partial charge in [0.05, 0.1) is 16.1 Å². The Morgan fingerprint density at radius 1 is 1.16 bits per heavy atom. The second-order valence-electron chi connectivity index (χ2n) is 6.90. The molecule has 2 atom stereocenters. The van der Waals surface area contributed by atoms with Gasteiger partial charge < -0.3 is 20.2 Å². The van der Waals surface area contributed by atoms with E-state index in [1.54, 1.807) is 15.9 Å². The molecule has 2 N–H and O–H groups in total. The number of nitrogens with zero attached hydrogens (tertiary/aromatic N) is 2. The van der Waals surface area contributed by atoms with Crippen LogP contribution in [0.2, 0.25) is 10.0 Å². The number of piperidine rings is 1. The van der Waals surface area contributed by atoms with E-state index in [0.29, 0.717) is 35.0 Å². The smallest absolute Gasteiger partial charge is 0.246 e. The Morgan fingerprint density at radius 2 is 1.92 bits per heavy atom. The number of aromatic hydroxyl groups is 1. The molecule has 4 rings (SSSR count). The Labute approximate surface area is 155 Å². The van der Waals surface area contributed by atoms with Gasteiger partial charge in [-0.15, -0.1) is 0 Å². The summed E-state index contributed by atoms with van der Waals surface area (Å²) in [5.74, 6) is -0.0315. The van der Waals surface area contributed by atoms with Gasteiger partial charge in [0.25, 0.3) is 0 Å². The normalized spacial score (nSPS) is 27.3. The number of carbonyl (C=O) groups excluding carboxylic acids is 2. The van der Waals surface area contributed by atoms with Crippen LogP contribution in [0.15, 0.2) is 12.1 Å². The molecule has 0 radical (unpaired) electrons. The summed E-state index contributed by atoms with van der Waals surface area (Å²) in [5, 5.41) is 14.1. The van der Waals surface area contributed by atoms with Crippen LogP contribution in [0.3, 0.4) is 0 Å². The van der Waals surface area contributed by atoms with Crippen LogP contribution in [0.5, 0.6) is 5.75 Å². The van der Waals surface area contributed by atoms with Crippen molar-refractivity contribution in [1.29, 1.82) is 0 Å². The predicted molar refractivity (Wildman–Crippen MR) is 94.0 cm³/mol. The lowest BCUT2D eigenvalue weighted by molar-refractivity contribution is -0.161. The highest BCUT2D eigenvalue weighted by molar-refractivity contribution is 6.42. The van der Waals surface area contributed by atoms with Crippen LogP contribution in [0, 0.1) is 0 Å². The summed E-state index contributed by atoms with van der Waals surface area (Å²) in [6, 6.07) is 2.69. The first-order chi connectivity index (χ1) is 12.0. The monoisotopic (exact) mass is 383 g/mol. The van der Waals surface area contributed by atoms with Crippen molar-refractivity contribution in [1.82, 2.24) is 15.1 Å². The maximum atomic E-state index is 12.9. The van der Waals surface area contributed by atoms with Crippen molar-refractivity contribution in [2.45, 2.75) is 30.8 Å². The third kappa shape index (κ3) is 2.76. The number of nitrogens with one attached hydrogen (secondary N) is 1. The third-order valence-corrected chi connectivity index (χ3v) is 6.33. The first-order valence-corrected chi connectivity index (χ1v) is 9.20. The molecule has 3 aliphatic rings. The van der Waals surface area contributed by atoms with Gasteiger partial charge in [0, 0.05) is 25.2 Å². The van der Waals surface area contributed by atoms with Gasteiger partial charge >= 0.3 is 0 Å². The highest BCUT2D eigenvalue weighted by Crippen LogP contribution is 2.43. The van der Waals surface area contributed by atoms with E-state index in [1.165, 1.54) is 6.07 Å². The largest absolute Gasteiger partial charge is 0.508 e. The van der Waals surface area contributed by atoms with Crippen molar-refractivity contribution in [3.8, 4) is 5.75 Å². The zero-order valence-electron chi connectivity index (χ0n) is 13.5. The summed E-state index contributed by atoms with van der Waals surface area (Å²) in [7, 11) is 0. The fraction of sp³-hybridized carbons (Fsp3) is 0.529. The van der Waals surface area contributed by atoms with Crippen LogP contribution in [0.1, 0.15) is 24.3 Å². The number of carbonyl (C=O) groups is 2. The Balaban J connectivity index is 1.61. The van der Waals surface area contributed by atoms with Gasteiger partial charge in [-0.3, -0.25) is 9.59 Å². The highest BCUT2D eigenvalue weighted by Gasteiger charge is 2.46. The van der Waals surface area contributed by atoms with Crippen LogP contribution >= 0.6 is 23.2 Å². The first-order valence-electron chi connectivity index (χ1n) is 8.45. The van der Waals surface area contributed by atoms with Gasteiger partial charge in [-0.25, -0.2) is 0 Å². The zero-order valence-corrected chi connectivity index (χ0v) is 15.1. The molecule has 0 spiro atoms. The highest BCUT2D eigenvalue weighted by atomic mass is 35.5. The van der Waals surface area contributed by atoms with Crippen LogP contribution < -0.4 is 5.32 Å². The van der Waals surface area contributed by atoms with E-state index in [0.717, 1.165) is 13.1 Å². The zero-order chi connectivity index (χ0) is 17.7. The quantitative estimate of drug-likeness (QED) is 0.813. The standard InChI is InChI=1S/C17H19Cl2N3O3/c18-11-1-2-13(23)15(16(11)19)9-3-4-21-12(5-9)17(25)22(8-14(21)24)10-6-20-7-10/h1-2,9-10,12,20,23H,3-8H2/t9-,12+/m0/s1. The van der Waals surface area contributed by atoms with Crippen molar-refractivity contribution in [2.24, 2.45) is 0 Å². The van der Waals surface area contributed by atoms with E-state index < -0.39 is 6.04 Å². The Kier molecular flexibility index (Phi) is 4.30. The number of fused-ring (bicyclic) bond motifs is 1. The number of hydrogen-bond donors (Lipinski definition) is 2. The van der Waals surface area contributed by atoms with Crippen molar-refractivity contribution in [2.75, 3.05) is 26.2 Å². The van der Waals surface area contributed by atoms with Crippen LogP contribution in [0.25, 0.3) is 0 Å². The summed E-state index contributed by atoms with van der Waals surface area (Å²) < 4.78 is 0. The van der Waals surface area contributed by atoms with Crippen molar-refractivity contribution >= 4 is 35.0 Å². The van der Waals surface area contributed by atoms with E-state index in [9.17, 15) is 14.7 Å². The number of hydrogen-bond acceptors (Lipinski definition) is 4. The molecule has 8 heteroatoms. The number of halogens is 2. The summed E-state index contributed by atoms with van der Waals surface area (Å²) in [5.41, 5.74) is 0.580. The first kappa shape index (κ1) is 16.9.